The van der Waals surface area contributed by atoms with Crippen molar-refractivity contribution in [2.75, 3.05) is 5.32 Å². The quantitative estimate of drug-likeness (QED) is 0.900. The Morgan fingerprint density at radius 1 is 1.35 bits per heavy atom. The van der Waals surface area contributed by atoms with E-state index in [1.165, 1.54) is 12.3 Å². The molecule has 4 nitrogen and oxygen atoms in total. The highest BCUT2D eigenvalue weighted by molar-refractivity contribution is 5.93. The Bertz CT molecular complexity index is 643. The molecule has 0 radical (unpaired) electrons. The number of carbonyl (C=O) groups is 1. The molecule has 1 heterocycles. The predicted octanol–water partition coefficient (Wildman–Crippen LogP) is 2.80. The highest BCUT2D eigenvalue weighted by Gasteiger charge is 2.09. The van der Waals surface area contributed by atoms with Gasteiger partial charge in [0, 0.05) is 17.4 Å². The fourth-order valence-electron chi connectivity index (χ4n) is 1.96. The molecular formula is C15H16FN3O. The second-order valence-corrected chi connectivity index (χ2v) is 4.70. The van der Waals surface area contributed by atoms with E-state index in [4.69, 9.17) is 5.73 Å². The van der Waals surface area contributed by atoms with Crippen LogP contribution in [-0.4, -0.2) is 10.9 Å². The Labute approximate surface area is 116 Å². The van der Waals surface area contributed by atoms with Gasteiger partial charge in [0.25, 0.3) is 0 Å². The van der Waals surface area contributed by atoms with Crippen LogP contribution in [0.25, 0.3) is 0 Å². The van der Waals surface area contributed by atoms with Crippen molar-refractivity contribution < 1.29 is 9.18 Å². The number of nitrogens with one attached hydrogen (secondary N) is 1. The number of aryl methyl sites for hydroxylation is 1. The number of anilines is 1. The first-order chi connectivity index (χ1) is 9.47. The number of primary amides is 1. The van der Waals surface area contributed by atoms with Crippen LogP contribution >= 0.6 is 0 Å². The number of hydrogen-bond donors (Lipinski definition) is 2. The number of carbonyl (C=O) groups excluding carboxylic acids is 1. The molecule has 0 bridgehead atoms. The number of rotatable bonds is 4. The lowest BCUT2D eigenvalue weighted by Gasteiger charge is -2.17. The molecule has 104 valence electrons. The molecule has 0 aliphatic heterocycles. The first-order valence-electron chi connectivity index (χ1n) is 6.25. The molecule has 0 saturated carbocycles. The molecular weight excluding hydrogens is 257 g/mol. The zero-order valence-electron chi connectivity index (χ0n) is 11.4. The summed E-state index contributed by atoms with van der Waals surface area (Å²) in [5.41, 5.74) is 8.22. The molecule has 3 N–H and O–H groups in total. The number of halogens is 1. The van der Waals surface area contributed by atoms with E-state index in [9.17, 15) is 9.18 Å². The fraction of sp³-hybridized carbons (Fsp3) is 0.200. The normalized spacial score (nSPS) is 11.9. The minimum atomic E-state index is -0.456. The van der Waals surface area contributed by atoms with Crippen LogP contribution in [0.15, 0.2) is 36.7 Å². The zero-order valence-corrected chi connectivity index (χ0v) is 11.4. The van der Waals surface area contributed by atoms with Gasteiger partial charge in [-0.15, -0.1) is 0 Å². The maximum absolute atomic E-state index is 13.1. The van der Waals surface area contributed by atoms with Gasteiger partial charge < -0.3 is 11.1 Å². The van der Waals surface area contributed by atoms with E-state index in [0.717, 1.165) is 16.8 Å². The molecule has 1 atom stereocenters. The standard InChI is InChI=1S/C15H16FN3O/c1-9-5-11(15(17)20)3-4-14(9)19-10(2)12-6-13(16)8-18-7-12/h3-8,10,19H,1-2H3,(H2,17,20). The van der Waals surface area contributed by atoms with E-state index < -0.39 is 5.91 Å². The highest BCUT2D eigenvalue weighted by atomic mass is 19.1. The number of aromatic nitrogens is 1. The van der Waals surface area contributed by atoms with Crippen LogP contribution < -0.4 is 11.1 Å². The van der Waals surface area contributed by atoms with Crippen LogP contribution in [-0.2, 0) is 0 Å². The molecule has 1 amide bonds. The summed E-state index contributed by atoms with van der Waals surface area (Å²) < 4.78 is 13.1. The van der Waals surface area contributed by atoms with Gasteiger partial charge >= 0.3 is 0 Å². The van der Waals surface area contributed by atoms with Crippen molar-refractivity contribution in [3.8, 4) is 0 Å². The van der Waals surface area contributed by atoms with Gasteiger partial charge in [0.1, 0.15) is 5.82 Å². The molecule has 1 aromatic heterocycles. The van der Waals surface area contributed by atoms with Crippen molar-refractivity contribution in [2.45, 2.75) is 19.9 Å². The van der Waals surface area contributed by atoms with Crippen LogP contribution in [0.4, 0.5) is 10.1 Å². The summed E-state index contributed by atoms with van der Waals surface area (Å²) >= 11 is 0. The van der Waals surface area contributed by atoms with E-state index in [1.54, 1.807) is 24.4 Å². The topological polar surface area (TPSA) is 68.0 Å². The van der Waals surface area contributed by atoms with E-state index in [2.05, 4.69) is 10.3 Å². The van der Waals surface area contributed by atoms with Gasteiger partial charge in [0.15, 0.2) is 0 Å². The van der Waals surface area contributed by atoms with Gasteiger partial charge in [-0.1, -0.05) is 0 Å². The third-order valence-electron chi connectivity index (χ3n) is 3.11. The lowest BCUT2D eigenvalue weighted by Crippen LogP contribution is -2.12. The average Bonchev–Trinajstić information content (AvgIpc) is 2.40. The summed E-state index contributed by atoms with van der Waals surface area (Å²) in [6.45, 7) is 3.79. The summed E-state index contributed by atoms with van der Waals surface area (Å²) in [6.07, 6.45) is 2.79. The van der Waals surface area contributed by atoms with Crippen LogP contribution in [0, 0.1) is 12.7 Å². The minimum absolute atomic E-state index is 0.101. The number of nitrogens with zero attached hydrogens (tertiary/aromatic N) is 1. The van der Waals surface area contributed by atoms with E-state index in [1.807, 2.05) is 13.8 Å². The van der Waals surface area contributed by atoms with Crippen molar-refractivity contribution in [1.82, 2.24) is 4.98 Å². The summed E-state index contributed by atoms with van der Waals surface area (Å²) in [6, 6.07) is 6.52. The summed E-state index contributed by atoms with van der Waals surface area (Å²) in [4.78, 5) is 14.9. The van der Waals surface area contributed by atoms with E-state index in [0.29, 0.717) is 5.56 Å². The Kier molecular flexibility index (Phi) is 3.98. The molecule has 20 heavy (non-hydrogen) atoms. The van der Waals surface area contributed by atoms with Crippen molar-refractivity contribution in [1.29, 1.82) is 0 Å². The molecule has 0 fully saturated rings. The molecule has 1 aromatic carbocycles. The minimum Gasteiger partial charge on any atom is -0.378 e. The van der Waals surface area contributed by atoms with Gasteiger partial charge in [-0.3, -0.25) is 9.78 Å². The number of pyridine rings is 1. The monoisotopic (exact) mass is 273 g/mol. The third-order valence-corrected chi connectivity index (χ3v) is 3.11. The molecule has 1 unspecified atom stereocenters. The average molecular weight is 273 g/mol. The summed E-state index contributed by atoms with van der Waals surface area (Å²) in [5.74, 6) is -0.820. The Balaban J connectivity index is 2.19. The zero-order chi connectivity index (χ0) is 14.7. The fourth-order valence-corrected chi connectivity index (χ4v) is 1.96. The molecule has 2 aromatic rings. The van der Waals surface area contributed by atoms with Crippen molar-refractivity contribution in [3.05, 3.63) is 59.2 Å². The highest BCUT2D eigenvalue weighted by Crippen LogP contribution is 2.23. The van der Waals surface area contributed by atoms with Crippen molar-refractivity contribution in [3.63, 3.8) is 0 Å². The first kappa shape index (κ1) is 14.0. The Hall–Kier alpha value is -2.43. The molecule has 5 heteroatoms. The van der Waals surface area contributed by atoms with E-state index in [-0.39, 0.29) is 11.9 Å². The molecule has 0 aliphatic carbocycles. The van der Waals surface area contributed by atoms with Crippen molar-refractivity contribution in [2.24, 2.45) is 5.73 Å². The number of benzene rings is 1. The maximum atomic E-state index is 13.1. The van der Waals surface area contributed by atoms with Crippen LogP contribution in [0.3, 0.4) is 0 Å². The van der Waals surface area contributed by atoms with Crippen LogP contribution in [0.2, 0.25) is 0 Å². The predicted molar refractivity (Wildman–Crippen MR) is 75.9 cm³/mol. The van der Waals surface area contributed by atoms with Gasteiger partial charge in [-0.25, -0.2) is 4.39 Å². The largest absolute Gasteiger partial charge is 0.378 e. The molecule has 0 aliphatic rings. The number of hydrogen-bond acceptors (Lipinski definition) is 3. The second kappa shape index (κ2) is 5.69. The lowest BCUT2D eigenvalue weighted by atomic mass is 10.1. The lowest BCUT2D eigenvalue weighted by molar-refractivity contribution is 0.1000. The van der Waals surface area contributed by atoms with Crippen LogP contribution in [0.1, 0.15) is 34.5 Å². The molecule has 2 rings (SSSR count). The molecule has 0 saturated heterocycles. The summed E-state index contributed by atoms with van der Waals surface area (Å²) in [5, 5.41) is 3.26. The first-order valence-corrected chi connectivity index (χ1v) is 6.25. The maximum Gasteiger partial charge on any atom is 0.248 e. The number of nitrogens with two attached hydrogens (primary N) is 1. The van der Waals surface area contributed by atoms with E-state index >= 15 is 0 Å². The SMILES string of the molecule is Cc1cc(C(N)=O)ccc1NC(C)c1cncc(F)c1. The Morgan fingerprint density at radius 3 is 2.70 bits per heavy atom. The Morgan fingerprint density at radius 2 is 2.10 bits per heavy atom. The second-order valence-electron chi connectivity index (χ2n) is 4.70. The van der Waals surface area contributed by atoms with Gasteiger partial charge in [0.2, 0.25) is 5.91 Å². The van der Waals surface area contributed by atoms with Crippen LogP contribution in [0.5, 0.6) is 0 Å². The van der Waals surface area contributed by atoms with Gasteiger partial charge in [-0.05, 0) is 49.2 Å². The summed E-state index contributed by atoms with van der Waals surface area (Å²) in [7, 11) is 0. The van der Waals surface area contributed by atoms with Crippen molar-refractivity contribution >= 4 is 11.6 Å². The third kappa shape index (κ3) is 3.12. The molecule has 0 spiro atoms. The smallest absolute Gasteiger partial charge is 0.248 e. The van der Waals surface area contributed by atoms with Gasteiger partial charge in [-0.2, -0.15) is 0 Å². The van der Waals surface area contributed by atoms with Gasteiger partial charge in [0.05, 0.1) is 12.2 Å². The number of amides is 1.